The Kier molecular flexibility index (Phi) is 6.06. The summed E-state index contributed by atoms with van der Waals surface area (Å²) >= 11 is 1.32. The first kappa shape index (κ1) is 19.6. The predicted molar refractivity (Wildman–Crippen MR) is 115 cm³/mol. The number of hydrazone groups is 1. The lowest BCUT2D eigenvalue weighted by molar-refractivity contribution is 0.0958. The van der Waals surface area contributed by atoms with Crippen LogP contribution in [-0.2, 0) is 0 Å². The van der Waals surface area contributed by atoms with E-state index in [2.05, 4.69) is 15.5 Å². The van der Waals surface area contributed by atoms with E-state index < -0.39 is 0 Å². The Balaban J connectivity index is 1.72. The van der Waals surface area contributed by atoms with Crippen LogP contribution in [-0.4, -0.2) is 38.3 Å². The van der Waals surface area contributed by atoms with Crippen molar-refractivity contribution in [1.82, 2.24) is 10.4 Å². The van der Waals surface area contributed by atoms with Gasteiger partial charge < -0.3 is 9.64 Å². The Morgan fingerprint density at radius 2 is 1.89 bits per heavy atom. The summed E-state index contributed by atoms with van der Waals surface area (Å²) in [7, 11) is 5.59. The fourth-order valence-corrected chi connectivity index (χ4v) is 3.60. The van der Waals surface area contributed by atoms with Crippen LogP contribution in [0.15, 0.2) is 53.6 Å². The first-order valence-corrected chi connectivity index (χ1v) is 9.53. The van der Waals surface area contributed by atoms with Crippen molar-refractivity contribution in [3.05, 3.63) is 64.7 Å². The van der Waals surface area contributed by atoms with Gasteiger partial charge >= 0.3 is 0 Å². The second-order valence-electron chi connectivity index (χ2n) is 6.32. The minimum Gasteiger partial charge on any atom is -0.496 e. The molecular weight excluding hydrogens is 372 g/mol. The first-order chi connectivity index (χ1) is 13.5. The summed E-state index contributed by atoms with van der Waals surface area (Å²) in [6, 6.07) is 15.5. The van der Waals surface area contributed by atoms with Crippen molar-refractivity contribution >= 4 is 29.1 Å². The highest BCUT2D eigenvalue weighted by Gasteiger charge is 2.17. The summed E-state index contributed by atoms with van der Waals surface area (Å²) in [6.45, 7) is 1.81. The van der Waals surface area contributed by atoms with E-state index in [-0.39, 0.29) is 5.91 Å². The number of hydrogen-bond donors (Lipinski definition) is 1. The van der Waals surface area contributed by atoms with E-state index in [0.717, 1.165) is 27.6 Å². The molecule has 0 aliphatic heterocycles. The Labute approximate surface area is 168 Å². The lowest BCUT2D eigenvalue weighted by Crippen LogP contribution is -2.17. The lowest BCUT2D eigenvalue weighted by Gasteiger charge is -2.11. The van der Waals surface area contributed by atoms with Gasteiger partial charge in [-0.15, -0.1) is 11.3 Å². The van der Waals surface area contributed by atoms with Crippen LogP contribution < -0.4 is 15.1 Å². The molecule has 0 aliphatic carbocycles. The van der Waals surface area contributed by atoms with E-state index in [9.17, 15) is 4.79 Å². The standard InChI is InChI=1S/C21H22N4O2S/c1-14-19(28-21(23-14)17-7-5-6-8-18(17)27-4)20(26)24-22-13-15-9-11-16(12-10-15)25(2)3/h5-13H,1-4H3,(H,24,26)/b22-13+. The number of aromatic nitrogens is 1. The minimum absolute atomic E-state index is 0.280. The molecular formula is C21H22N4O2S. The molecule has 0 spiro atoms. The van der Waals surface area contributed by atoms with Crippen LogP contribution in [0.25, 0.3) is 10.6 Å². The van der Waals surface area contributed by atoms with Crippen molar-refractivity contribution in [2.45, 2.75) is 6.92 Å². The van der Waals surface area contributed by atoms with Gasteiger partial charge in [0, 0.05) is 19.8 Å². The van der Waals surface area contributed by atoms with Gasteiger partial charge in [-0.05, 0) is 36.8 Å². The van der Waals surface area contributed by atoms with E-state index in [1.807, 2.05) is 74.4 Å². The largest absolute Gasteiger partial charge is 0.496 e. The number of aryl methyl sites for hydroxylation is 1. The van der Waals surface area contributed by atoms with Gasteiger partial charge in [-0.2, -0.15) is 5.10 Å². The summed E-state index contributed by atoms with van der Waals surface area (Å²) in [6.07, 6.45) is 1.62. The molecule has 6 nitrogen and oxygen atoms in total. The lowest BCUT2D eigenvalue weighted by atomic mass is 10.2. The number of carbonyl (C=O) groups is 1. The van der Waals surface area contributed by atoms with Gasteiger partial charge in [0.25, 0.3) is 5.91 Å². The van der Waals surface area contributed by atoms with Crippen LogP contribution in [0, 0.1) is 6.92 Å². The van der Waals surface area contributed by atoms with Gasteiger partial charge in [-0.25, -0.2) is 10.4 Å². The monoisotopic (exact) mass is 394 g/mol. The zero-order valence-corrected chi connectivity index (χ0v) is 17.1. The molecule has 1 N–H and O–H groups in total. The summed E-state index contributed by atoms with van der Waals surface area (Å²) < 4.78 is 5.39. The van der Waals surface area contributed by atoms with Crippen LogP contribution in [0.1, 0.15) is 20.9 Å². The molecule has 144 valence electrons. The molecule has 0 saturated heterocycles. The molecule has 0 aliphatic rings. The van der Waals surface area contributed by atoms with Crippen molar-refractivity contribution in [2.75, 3.05) is 26.1 Å². The number of benzene rings is 2. The van der Waals surface area contributed by atoms with Crippen molar-refractivity contribution in [3.8, 4) is 16.3 Å². The number of anilines is 1. The number of nitrogens with one attached hydrogen (secondary N) is 1. The van der Waals surface area contributed by atoms with Gasteiger partial charge in [0.1, 0.15) is 15.6 Å². The number of nitrogens with zero attached hydrogens (tertiary/aromatic N) is 3. The maximum atomic E-state index is 12.5. The molecule has 0 fully saturated rings. The molecule has 3 rings (SSSR count). The SMILES string of the molecule is COc1ccccc1-c1nc(C)c(C(=O)N/N=C/c2ccc(N(C)C)cc2)s1. The van der Waals surface area contributed by atoms with E-state index in [1.54, 1.807) is 13.3 Å². The van der Waals surface area contributed by atoms with Gasteiger partial charge in [-0.1, -0.05) is 24.3 Å². The van der Waals surface area contributed by atoms with Crippen LogP contribution in [0.3, 0.4) is 0 Å². The number of para-hydroxylation sites is 1. The number of rotatable bonds is 6. The van der Waals surface area contributed by atoms with E-state index in [4.69, 9.17) is 4.74 Å². The number of methoxy groups -OCH3 is 1. The van der Waals surface area contributed by atoms with Crippen molar-refractivity contribution in [3.63, 3.8) is 0 Å². The number of thiazole rings is 1. The average Bonchev–Trinajstić information content (AvgIpc) is 3.10. The van der Waals surface area contributed by atoms with Crippen LogP contribution in [0.5, 0.6) is 5.75 Å². The molecule has 0 unspecified atom stereocenters. The number of ether oxygens (including phenoxy) is 1. The highest BCUT2D eigenvalue weighted by molar-refractivity contribution is 7.17. The molecule has 1 amide bonds. The van der Waals surface area contributed by atoms with Gasteiger partial charge in [0.05, 0.1) is 24.6 Å². The molecule has 1 heterocycles. The predicted octanol–water partition coefficient (Wildman–Crippen LogP) is 3.96. The van der Waals surface area contributed by atoms with E-state index in [0.29, 0.717) is 10.6 Å². The van der Waals surface area contributed by atoms with Crippen molar-refractivity contribution in [1.29, 1.82) is 0 Å². The number of hydrogen-bond acceptors (Lipinski definition) is 6. The minimum atomic E-state index is -0.280. The second-order valence-corrected chi connectivity index (χ2v) is 7.32. The molecule has 7 heteroatoms. The first-order valence-electron chi connectivity index (χ1n) is 8.71. The Bertz CT molecular complexity index is 994. The molecule has 2 aromatic carbocycles. The van der Waals surface area contributed by atoms with Gasteiger partial charge in [0.2, 0.25) is 0 Å². The topological polar surface area (TPSA) is 66.8 Å². The number of carbonyl (C=O) groups excluding carboxylic acids is 1. The second kappa shape index (κ2) is 8.67. The Hall–Kier alpha value is -3.19. The fraction of sp³-hybridized carbons (Fsp3) is 0.190. The molecule has 0 atom stereocenters. The van der Waals surface area contributed by atoms with Gasteiger partial charge in [0.15, 0.2) is 0 Å². The highest BCUT2D eigenvalue weighted by Crippen LogP contribution is 2.34. The molecule has 28 heavy (non-hydrogen) atoms. The van der Waals surface area contributed by atoms with Crippen molar-refractivity contribution < 1.29 is 9.53 Å². The van der Waals surface area contributed by atoms with E-state index in [1.165, 1.54) is 11.3 Å². The summed E-state index contributed by atoms with van der Waals surface area (Å²) in [5, 5.41) is 4.80. The van der Waals surface area contributed by atoms with Gasteiger partial charge in [-0.3, -0.25) is 4.79 Å². The Morgan fingerprint density at radius 1 is 1.18 bits per heavy atom. The molecule has 0 bridgehead atoms. The third-order valence-corrected chi connectivity index (χ3v) is 5.32. The summed E-state index contributed by atoms with van der Waals surface area (Å²) in [4.78, 5) is 19.6. The molecule has 3 aromatic rings. The zero-order valence-electron chi connectivity index (χ0n) is 16.3. The van der Waals surface area contributed by atoms with Crippen LogP contribution in [0.2, 0.25) is 0 Å². The van der Waals surface area contributed by atoms with Crippen LogP contribution >= 0.6 is 11.3 Å². The highest BCUT2D eigenvalue weighted by atomic mass is 32.1. The van der Waals surface area contributed by atoms with E-state index >= 15 is 0 Å². The molecule has 1 aromatic heterocycles. The third-order valence-electron chi connectivity index (χ3n) is 4.13. The van der Waals surface area contributed by atoms with Crippen molar-refractivity contribution in [2.24, 2.45) is 5.10 Å². The zero-order chi connectivity index (χ0) is 20.1. The fourth-order valence-electron chi connectivity index (χ4n) is 2.62. The quantitative estimate of drug-likeness (QED) is 0.508. The molecule has 0 saturated carbocycles. The molecule has 0 radical (unpaired) electrons. The van der Waals surface area contributed by atoms with Crippen LogP contribution in [0.4, 0.5) is 5.69 Å². The smallest absolute Gasteiger partial charge is 0.283 e. The Morgan fingerprint density at radius 3 is 2.57 bits per heavy atom. The normalized spacial score (nSPS) is 10.9. The maximum absolute atomic E-state index is 12.5. The maximum Gasteiger partial charge on any atom is 0.283 e. The summed E-state index contributed by atoms with van der Waals surface area (Å²) in [5.74, 6) is 0.444. The number of amides is 1. The average molecular weight is 395 g/mol. The third kappa shape index (κ3) is 4.37. The summed E-state index contributed by atoms with van der Waals surface area (Å²) in [5.41, 5.74) is 6.11.